The van der Waals surface area contributed by atoms with E-state index in [4.69, 9.17) is 5.11 Å². The van der Waals surface area contributed by atoms with E-state index in [0.717, 1.165) is 0 Å². The second-order valence-electron chi connectivity index (χ2n) is 3.11. The maximum Gasteiger partial charge on any atom is 0.423 e. The van der Waals surface area contributed by atoms with Crippen LogP contribution in [0.25, 0.3) is 0 Å². The van der Waals surface area contributed by atoms with Gasteiger partial charge in [-0.2, -0.15) is 13.2 Å². The number of nitrogens with zero attached hydrogens (tertiary/aromatic N) is 2. The molecule has 1 aromatic heterocycles. The van der Waals surface area contributed by atoms with Gasteiger partial charge in [0.15, 0.2) is 5.69 Å². The van der Waals surface area contributed by atoms with E-state index in [-0.39, 0.29) is 6.07 Å². The summed E-state index contributed by atoms with van der Waals surface area (Å²) in [6.07, 6.45) is -8.75. The lowest BCUT2D eigenvalue weighted by Gasteiger charge is -2.11. The maximum atomic E-state index is 12.5. The monoisotopic (exact) mass is 272 g/mol. The lowest BCUT2D eigenvalue weighted by atomic mass is 10.1. The number of halogens is 5. The lowest BCUT2D eigenvalue weighted by molar-refractivity contribution is -0.389. The van der Waals surface area contributed by atoms with Crippen LogP contribution in [0.5, 0.6) is 0 Å². The van der Waals surface area contributed by atoms with Crippen molar-refractivity contribution < 1.29 is 32.0 Å². The van der Waals surface area contributed by atoms with Crippen LogP contribution in [-0.2, 0) is 12.8 Å². The van der Waals surface area contributed by atoms with Crippen molar-refractivity contribution in [3.8, 4) is 0 Å². The minimum atomic E-state index is -5.20. The summed E-state index contributed by atoms with van der Waals surface area (Å²) in [5.41, 5.74) is -5.99. The van der Waals surface area contributed by atoms with Gasteiger partial charge in [0, 0.05) is 0 Å². The molecule has 0 aliphatic rings. The zero-order chi connectivity index (χ0) is 14.1. The van der Waals surface area contributed by atoms with Crippen molar-refractivity contribution in [3.05, 3.63) is 33.1 Å². The summed E-state index contributed by atoms with van der Waals surface area (Å²) in [5, 5.41) is 19.1. The largest absolute Gasteiger partial charge is 0.423 e. The van der Waals surface area contributed by atoms with Crippen LogP contribution in [0.1, 0.15) is 23.4 Å². The van der Waals surface area contributed by atoms with E-state index in [2.05, 4.69) is 4.98 Å². The molecule has 1 aromatic rings. The highest BCUT2D eigenvalue weighted by atomic mass is 19.4. The van der Waals surface area contributed by atoms with E-state index in [0.29, 0.717) is 0 Å². The van der Waals surface area contributed by atoms with Crippen LogP contribution < -0.4 is 0 Å². The minimum absolute atomic E-state index is 0.171. The highest BCUT2D eigenvalue weighted by molar-refractivity contribution is 5.47. The molecule has 0 amide bonds. The molecule has 0 bridgehead atoms. The van der Waals surface area contributed by atoms with Gasteiger partial charge in [0.1, 0.15) is 5.56 Å². The number of hydrogen-bond donors (Lipinski definition) is 1. The first-order valence-electron chi connectivity index (χ1n) is 4.33. The lowest BCUT2D eigenvalue weighted by Crippen LogP contribution is -2.14. The van der Waals surface area contributed by atoms with Gasteiger partial charge in [0.25, 0.3) is 6.43 Å². The summed E-state index contributed by atoms with van der Waals surface area (Å²) in [5.74, 6) is 0. The highest BCUT2D eigenvalue weighted by Gasteiger charge is 2.42. The van der Waals surface area contributed by atoms with Gasteiger partial charge in [-0.3, -0.25) is 10.1 Å². The summed E-state index contributed by atoms with van der Waals surface area (Å²) >= 11 is 0. The molecule has 18 heavy (non-hydrogen) atoms. The molecular formula is C8H5F5N2O3. The molecule has 0 atom stereocenters. The third kappa shape index (κ3) is 2.70. The van der Waals surface area contributed by atoms with E-state index in [1.807, 2.05) is 0 Å². The molecule has 1 heterocycles. The molecule has 0 saturated heterocycles. The van der Waals surface area contributed by atoms with Crippen molar-refractivity contribution in [2.45, 2.75) is 19.2 Å². The smallest absolute Gasteiger partial charge is 0.390 e. The standard InChI is InChI=1S/C8H5F5N2O3/c9-7(10)5-6(15(17)18)4(8(11,12)13)1-3(2-16)14-5/h1,7,16H,2H2. The van der Waals surface area contributed by atoms with Gasteiger partial charge in [0.05, 0.1) is 17.2 Å². The van der Waals surface area contributed by atoms with E-state index in [1.165, 1.54) is 0 Å². The van der Waals surface area contributed by atoms with Crippen molar-refractivity contribution in [1.82, 2.24) is 4.98 Å². The predicted octanol–water partition coefficient (Wildman–Crippen LogP) is 2.44. The Morgan fingerprint density at radius 2 is 2.00 bits per heavy atom. The summed E-state index contributed by atoms with van der Waals surface area (Å²) in [6.45, 7) is -1.04. The number of hydrogen-bond acceptors (Lipinski definition) is 4. The van der Waals surface area contributed by atoms with E-state index < -0.39 is 46.8 Å². The topological polar surface area (TPSA) is 76.3 Å². The number of aromatic nitrogens is 1. The second kappa shape index (κ2) is 4.80. The first kappa shape index (κ1) is 14.2. The van der Waals surface area contributed by atoms with Gasteiger partial charge < -0.3 is 5.11 Å². The van der Waals surface area contributed by atoms with Crippen molar-refractivity contribution in [2.75, 3.05) is 0 Å². The van der Waals surface area contributed by atoms with Crippen molar-refractivity contribution in [1.29, 1.82) is 0 Å². The number of alkyl halides is 5. The molecule has 0 unspecified atom stereocenters. The summed E-state index contributed by atoms with van der Waals surface area (Å²) < 4.78 is 62.4. The fourth-order valence-corrected chi connectivity index (χ4v) is 1.25. The second-order valence-corrected chi connectivity index (χ2v) is 3.11. The Bertz CT molecular complexity index is 475. The molecule has 0 saturated carbocycles. The molecule has 0 aliphatic carbocycles. The predicted molar refractivity (Wildman–Crippen MR) is 46.8 cm³/mol. The minimum Gasteiger partial charge on any atom is -0.390 e. The van der Waals surface area contributed by atoms with Gasteiger partial charge in [-0.1, -0.05) is 0 Å². The van der Waals surface area contributed by atoms with Crippen LogP contribution in [0, 0.1) is 10.1 Å². The first-order valence-corrected chi connectivity index (χ1v) is 4.33. The third-order valence-electron chi connectivity index (χ3n) is 1.93. The Balaban J connectivity index is 3.66. The van der Waals surface area contributed by atoms with E-state index in [1.54, 1.807) is 0 Å². The Morgan fingerprint density at radius 3 is 2.33 bits per heavy atom. The van der Waals surface area contributed by atoms with Gasteiger partial charge in [-0.25, -0.2) is 13.8 Å². The summed E-state index contributed by atoms with van der Waals surface area (Å²) in [7, 11) is 0. The Labute approximate surface area is 96.0 Å². The molecule has 0 spiro atoms. The van der Waals surface area contributed by atoms with Crippen LogP contribution in [0.3, 0.4) is 0 Å². The van der Waals surface area contributed by atoms with Gasteiger partial charge in [-0.15, -0.1) is 0 Å². The van der Waals surface area contributed by atoms with Crippen LogP contribution in [0.15, 0.2) is 6.07 Å². The Kier molecular flexibility index (Phi) is 3.79. The maximum absolute atomic E-state index is 12.5. The molecule has 100 valence electrons. The molecule has 1 N–H and O–H groups in total. The number of pyridine rings is 1. The Hall–Kier alpha value is -1.84. The van der Waals surface area contributed by atoms with Gasteiger partial charge >= 0.3 is 11.9 Å². The van der Waals surface area contributed by atoms with Crippen molar-refractivity contribution >= 4 is 5.69 Å². The number of nitro groups is 1. The fraction of sp³-hybridized carbons (Fsp3) is 0.375. The van der Waals surface area contributed by atoms with E-state index >= 15 is 0 Å². The highest BCUT2D eigenvalue weighted by Crippen LogP contribution is 2.40. The molecule has 1 rings (SSSR count). The molecular weight excluding hydrogens is 267 g/mol. The SMILES string of the molecule is O=[N+]([O-])c1c(C(F)(F)F)cc(CO)nc1C(F)F. The molecule has 10 heteroatoms. The molecule has 0 fully saturated rings. The number of aliphatic hydroxyl groups is 1. The van der Waals surface area contributed by atoms with E-state index in [9.17, 15) is 32.1 Å². The number of aliphatic hydroxyl groups excluding tert-OH is 1. The van der Waals surface area contributed by atoms with Crippen LogP contribution in [-0.4, -0.2) is 15.0 Å². The van der Waals surface area contributed by atoms with Gasteiger partial charge in [0.2, 0.25) is 0 Å². The quantitative estimate of drug-likeness (QED) is 0.521. The first-order chi connectivity index (χ1) is 8.18. The summed E-state index contributed by atoms with van der Waals surface area (Å²) in [4.78, 5) is 11.8. The average molecular weight is 272 g/mol. The Morgan fingerprint density at radius 1 is 1.44 bits per heavy atom. The van der Waals surface area contributed by atoms with Crippen LogP contribution in [0.2, 0.25) is 0 Å². The van der Waals surface area contributed by atoms with Crippen molar-refractivity contribution in [3.63, 3.8) is 0 Å². The molecule has 5 nitrogen and oxygen atoms in total. The summed E-state index contributed by atoms with van der Waals surface area (Å²) in [6, 6.07) is 0.171. The average Bonchev–Trinajstić information content (AvgIpc) is 2.25. The number of rotatable bonds is 3. The molecule has 0 radical (unpaired) electrons. The normalized spacial score (nSPS) is 11.9. The van der Waals surface area contributed by atoms with Crippen LogP contribution in [0.4, 0.5) is 27.6 Å². The van der Waals surface area contributed by atoms with Crippen molar-refractivity contribution in [2.24, 2.45) is 0 Å². The molecule has 0 aliphatic heterocycles. The van der Waals surface area contributed by atoms with Gasteiger partial charge in [-0.05, 0) is 6.07 Å². The third-order valence-corrected chi connectivity index (χ3v) is 1.93. The zero-order valence-electron chi connectivity index (χ0n) is 8.41. The van der Waals surface area contributed by atoms with Crippen LogP contribution >= 0.6 is 0 Å². The molecule has 0 aromatic carbocycles. The zero-order valence-corrected chi connectivity index (χ0v) is 8.41. The fourth-order valence-electron chi connectivity index (χ4n) is 1.25.